The Morgan fingerprint density at radius 1 is 1.27 bits per heavy atom. The van der Waals surface area contributed by atoms with Gasteiger partial charge in [0.2, 0.25) is 0 Å². The highest BCUT2D eigenvalue weighted by molar-refractivity contribution is 9.10. The van der Waals surface area contributed by atoms with E-state index in [1.807, 2.05) is 19.9 Å². The van der Waals surface area contributed by atoms with Gasteiger partial charge in [0.25, 0.3) is 11.6 Å². The van der Waals surface area contributed by atoms with E-state index >= 15 is 0 Å². The lowest BCUT2D eigenvalue weighted by atomic mass is 10.1. The van der Waals surface area contributed by atoms with Crippen LogP contribution in [-0.2, 0) is 4.79 Å². The average Bonchev–Trinajstić information content (AvgIpc) is 2.72. The number of carbonyl (C=O) groups excluding carboxylic acids is 1. The molecule has 8 nitrogen and oxygen atoms in total. The maximum absolute atomic E-state index is 12.5. The normalized spacial score (nSPS) is 10.8. The molecule has 0 bridgehead atoms. The smallest absolute Gasteiger partial charge is 0.271 e. The predicted octanol–water partition coefficient (Wildman–Crippen LogP) is 5.09. The van der Waals surface area contributed by atoms with E-state index in [0.717, 1.165) is 6.42 Å². The summed E-state index contributed by atoms with van der Waals surface area (Å²) in [5, 5.41) is 22.8. The summed E-state index contributed by atoms with van der Waals surface area (Å²) >= 11 is 3.43. The van der Waals surface area contributed by atoms with Crippen LogP contribution >= 0.6 is 15.9 Å². The molecular formula is C21H20BrN3O5. The number of amides is 1. The number of nitro benzene ring substituents is 1. The van der Waals surface area contributed by atoms with E-state index in [2.05, 4.69) is 21.2 Å². The zero-order valence-corrected chi connectivity index (χ0v) is 18.1. The van der Waals surface area contributed by atoms with Crippen molar-refractivity contribution in [2.24, 2.45) is 0 Å². The van der Waals surface area contributed by atoms with Crippen LogP contribution in [0.4, 0.5) is 11.4 Å². The van der Waals surface area contributed by atoms with Crippen LogP contribution in [0.15, 0.2) is 46.4 Å². The summed E-state index contributed by atoms with van der Waals surface area (Å²) in [5.74, 6) is 0.369. The standard InChI is InChI=1S/C21H20BrN3O5/c1-3-8-30-20-12-18(22)14(10-19(20)29-4-2)9-15(13-23)21(26)24-16-6-5-7-17(11-16)25(27)28/h5-7,9-12H,3-4,8H2,1-2H3,(H,24,26)/b15-9-. The number of anilines is 1. The van der Waals surface area contributed by atoms with E-state index in [0.29, 0.717) is 34.7 Å². The number of non-ortho nitro benzene ring substituents is 1. The van der Waals surface area contributed by atoms with Crippen molar-refractivity contribution >= 4 is 39.3 Å². The maximum Gasteiger partial charge on any atom is 0.271 e. The van der Waals surface area contributed by atoms with Crippen molar-refractivity contribution in [3.05, 3.63) is 62.1 Å². The molecule has 0 atom stereocenters. The molecule has 2 rings (SSSR count). The molecule has 0 unspecified atom stereocenters. The largest absolute Gasteiger partial charge is 0.490 e. The van der Waals surface area contributed by atoms with Crippen molar-refractivity contribution in [1.29, 1.82) is 5.26 Å². The van der Waals surface area contributed by atoms with E-state index in [4.69, 9.17) is 9.47 Å². The quantitative estimate of drug-likeness (QED) is 0.234. The van der Waals surface area contributed by atoms with Gasteiger partial charge in [-0.25, -0.2) is 0 Å². The summed E-state index contributed by atoms with van der Waals surface area (Å²) in [6.07, 6.45) is 2.24. The molecule has 9 heteroatoms. The molecule has 30 heavy (non-hydrogen) atoms. The highest BCUT2D eigenvalue weighted by atomic mass is 79.9. The van der Waals surface area contributed by atoms with Crippen LogP contribution in [0.5, 0.6) is 11.5 Å². The van der Waals surface area contributed by atoms with Crippen molar-refractivity contribution in [1.82, 2.24) is 0 Å². The monoisotopic (exact) mass is 473 g/mol. The van der Waals surface area contributed by atoms with Gasteiger partial charge in [0.15, 0.2) is 11.5 Å². The third-order valence-electron chi connectivity index (χ3n) is 3.80. The van der Waals surface area contributed by atoms with E-state index in [1.54, 1.807) is 12.1 Å². The Morgan fingerprint density at radius 2 is 2.00 bits per heavy atom. The third-order valence-corrected chi connectivity index (χ3v) is 4.49. The Morgan fingerprint density at radius 3 is 2.63 bits per heavy atom. The topological polar surface area (TPSA) is 114 Å². The highest BCUT2D eigenvalue weighted by Crippen LogP contribution is 2.35. The predicted molar refractivity (Wildman–Crippen MR) is 116 cm³/mol. The van der Waals surface area contributed by atoms with E-state index in [9.17, 15) is 20.2 Å². The number of benzene rings is 2. The summed E-state index contributed by atoms with van der Waals surface area (Å²) in [6, 6.07) is 10.7. The highest BCUT2D eigenvalue weighted by Gasteiger charge is 2.15. The van der Waals surface area contributed by atoms with E-state index in [-0.39, 0.29) is 16.9 Å². The molecule has 0 aliphatic carbocycles. The first-order valence-corrected chi connectivity index (χ1v) is 9.95. The second-order valence-electron chi connectivity index (χ2n) is 6.03. The van der Waals surface area contributed by atoms with Crippen LogP contribution in [0.25, 0.3) is 6.08 Å². The molecule has 0 aliphatic heterocycles. The number of ether oxygens (including phenoxy) is 2. The van der Waals surface area contributed by atoms with Crippen LogP contribution < -0.4 is 14.8 Å². The fraction of sp³-hybridized carbons (Fsp3) is 0.238. The lowest BCUT2D eigenvalue weighted by molar-refractivity contribution is -0.384. The van der Waals surface area contributed by atoms with Gasteiger partial charge in [0.05, 0.1) is 18.1 Å². The Balaban J connectivity index is 2.33. The van der Waals surface area contributed by atoms with Gasteiger partial charge < -0.3 is 14.8 Å². The summed E-state index contributed by atoms with van der Waals surface area (Å²) in [6.45, 7) is 4.78. The maximum atomic E-state index is 12.5. The molecule has 0 saturated heterocycles. The number of nitriles is 1. The Kier molecular flexibility index (Phi) is 8.38. The first-order chi connectivity index (χ1) is 14.4. The minimum atomic E-state index is -0.686. The van der Waals surface area contributed by atoms with Crippen LogP contribution in [0, 0.1) is 21.4 Å². The van der Waals surface area contributed by atoms with Crippen molar-refractivity contribution in [2.45, 2.75) is 20.3 Å². The second kappa shape index (κ2) is 11.0. The van der Waals surface area contributed by atoms with Crippen molar-refractivity contribution < 1.29 is 19.2 Å². The molecule has 156 valence electrons. The molecule has 0 spiro atoms. The number of nitrogens with zero attached hydrogens (tertiary/aromatic N) is 2. The van der Waals surface area contributed by atoms with Gasteiger partial charge in [-0.2, -0.15) is 5.26 Å². The van der Waals surface area contributed by atoms with E-state index in [1.165, 1.54) is 30.3 Å². The third kappa shape index (κ3) is 6.06. The summed E-state index contributed by atoms with van der Waals surface area (Å²) in [4.78, 5) is 22.8. The number of halogens is 1. The molecule has 0 aromatic heterocycles. The fourth-order valence-corrected chi connectivity index (χ4v) is 2.89. The lowest BCUT2D eigenvalue weighted by Crippen LogP contribution is -2.13. The molecule has 0 aliphatic rings. The summed E-state index contributed by atoms with van der Waals surface area (Å²) < 4.78 is 11.9. The van der Waals surface area contributed by atoms with Crippen LogP contribution in [0.1, 0.15) is 25.8 Å². The zero-order valence-electron chi connectivity index (χ0n) is 16.5. The minimum absolute atomic E-state index is 0.165. The number of carbonyl (C=O) groups is 1. The molecule has 1 N–H and O–H groups in total. The van der Waals surface area contributed by atoms with Gasteiger partial charge in [0.1, 0.15) is 11.6 Å². The van der Waals surface area contributed by atoms with Gasteiger partial charge >= 0.3 is 0 Å². The molecule has 0 radical (unpaired) electrons. The van der Waals surface area contributed by atoms with Gasteiger partial charge in [0, 0.05) is 22.3 Å². The first-order valence-electron chi connectivity index (χ1n) is 9.16. The zero-order chi connectivity index (χ0) is 22.1. The average molecular weight is 474 g/mol. The van der Waals surface area contributed by atoms with Gasteiger partial charge in [-0.05, 0) is 43.2 Å². The van der Waals surface area contributed by atoms with Gasteiger partial charge in [-0.15, -0.1) is 0 Å². The number of hydrogen-bond acceptors (Lipinski definition) is 6. The fourth-order valence-electron chi connectivity index (χ4n) is 2.45. The molecule has 1 amide bonds. The Hall–Kier alpha value is -3.38. The van der Waals surface area contributed by atoms with Crippen LogP contribution in [-0.4, -0.2) is 24.0 Å². The van der Waals surface area contributed by atoms with Crippen molar-refractivity contribution in [2.75, 3.05) is 18.5 Å². The second-order valence-corrected chi connectivity index (χ2v) is 6.89. The summed E-state index contributed by atoms with van der Waals surface area (Å²) in [7, 11) is 0. The molecule has 2 aromatic carbocycles. The molecule has 0 fully saturated rings. The first kappa shape index (κ1) is 22.9. The van der Waals surface area contributed by atoms with Gasteiger partial charge in [-0.3, -0.25) is 14.9 Å². The minimum Gasteiger partial charge on any atom is -0.490 e. The van der Waals surface area contributed by atoms with Crippen LogP contribution in [0.3, 0.4) is 0 Å². The summed E-state index contributed by atoms with van der Waals surface area (Å²) in [5.41, 5.74) is 0.426. The SMILES string of the molecule is CCCOc1cc(Br)c(/C=C(/C#N)C(=O)Nc2cccc([N+](=O)[O-])c2)cc1OCC. The molecule has 0 heterocycles. The van der Waals surface area contributed by atoms with Crippen LogP contribution in [0.2, 0.25) is 0 Å². The molecule has 2 aromatic rings. The Labute approximate surface area is 182 Å². The van der Waals surface area contributed by atoms with Gasteiger partial charge in [-0.1, -0.05) is 28.9 Å². The van der Waals surface area contributed by atoms with Crippen molar-refractivity contribution in [3.63, 3.8) is 0 Å². The number of nitrogens with one attached hydrogen (secondary N) is 1. The molecule has 0 saturated carbocycles. The molecular weight excluding hydrogens is 454 g/mol. The van der Waals surface area contributed by atoms with E-state index < -0.39 is 10.8 Å². The number of rotatable bonds is 9. The number of hydrogen-bond donors (Lipinski definition) is 1. The Bertz CT molecular complexity index is 1010. The van der Waals surface area contributed by atoms with Crippen molar-refractivity contribution in [3.8, 4) is 17.6 Å². The number of nitro groups is 1. The lowest BCUT2D eigenvalue weighted by Gasteiger charge is -2.13.